The lowest BCUT2D eigenvalue weighted by Gasteiger charge is -2.35. The molecule has 24 heavy (non-hydrogen) atoms. The lowest BCUT2D eigenvalue weighted by atomic mass is 9.94. The highest BCUT2D eigenvalue weighted by atomic mass is 32.2. The van der Waals surface area contributed by atoms with Gasteiger partial charge in [-0.3, -0.25) is 4.79 Å². The number of ether oxygens (including phenoxy) is 2. The van der Waals surface area contributed by atoms with E-state index in [0.29, 0.717) is 24.5 Å². The Labute approximate surface area is 146 Å². The van der Waals surface area contributed by atoms with E-state index in [0.717, 1.165) is 29.2 Å². The Hall–Kier alpha value is -1.44. The number of methoxy groups -OCH3 is 2. The van der Waals surface area contributed by atoms with Gasteiger partial charge in [-0.25, -0.2) is 0 Å². The van der Waals surface area contributed by atoms with Crippen LogP contribution < -0.4 is 14.8 Å². The summed E-state index contributed by atoms with van der Waals surface area (Å²) in [7, 11) is 3.18. The maximum atomic E-state index is 12.7. The first-order valence-corrected chi connectivity index (χ1v) is 9.30. The summed E-state index contributed by atoms with van der Waals surface area (Å²) in [5.74, 6) is 3.42. The van der Waals surface area contributed by atoms with Crippen molar-refractivity contribution in [2.45, 2.75) is 25.1 Å². The van der Waals surface area contributed by atoms with E-state index in [-0.39, 0.29) is 18.5 Å². The first-order chi connectivity index (χ1) is 11.6. The van der Waals surface area contributed by atoms with Crippen LogP contribution in [0.5, 0.6) is 11.5 Å². The molecule has 1 aromatic rings. The standard InChI is InChI=1S/C17H24N2O4S/c1-22-14-3-4-15(23-2)17-12(14)8-19(9-13(17)20)16(21)7-11-10-24-6-5-18-11/h3-4,11,13,18,20H,5-10H2,1-2H3. The molecule has 0 aromatic heterocycles. The largest absolute Gasteiger partial charge is 0.496 e. The Morgan fingerprint density at radius 1 is 1.38 bits per heavy atom. The molecule has 1 fully saturated rings. The molecule has 2 N–H and O–H groups in total. The monoisotopic (exact) mass is 352 g/mol. The van der Waals surface area contributed by atoms with Crippen LogP contribution in [0.25, 0.3) is 0 Å². The Bertz CT molecular complexity index is 604. The van der Waals surface area contributed by atoms with Crippen LogP contribution >= 0.6 is 11.8 Å². The van der Waals surface area contributed by atoms with Crippen LogP contribution in [0.4, 0.5) is 0 Å². The molecule has 7 heteroatoms. The molecule has 0 radical (unpaired) electrons. The minimum atomic E-state index is -0.767. The number of thioether (sulfide) groups is 1. The average molecular weight is 352 g/mol. The zero-order valence-corrected chi connectivity index (χ0v) is 14.9. The Balaban J connectivity index is 1.79. The van der Waals surface area contributed by atoms with E-state index in [1.165, 1.54) is 0 Å². The van der Waals surface area contributed by atoms with Crippen molar-refractivity contribution in [3.05, 3.63) is 23.3 Å². The maximum Gasteiger partial charge on any atom is 0.224 e. The molecule has 0 spiro atoms. The molecule has 1 aromatic carbocycles. The van der Waals surface area contributed by atoms with Crippen molar-refractivity contribution >= 4 is 17.7 Å². The highest BCUT2D eigenvalue weighted by Crippen LogP contribution is 2.39. The first kappa shape index (κ1) is 17.4. The predicted octanol–water partition coefficient (Wildman–Crippen LogP) is 1.17. The fourth-order valence-corrected chi connectivity index (χ4v) is 4.31. The number of hydrogen-bond donors (Lipinski definition) is 2. The van der Waals surface area contributed by atoms with Crippen molar-refractivity contribution in [3.63, 3.8) is 0 Å². The van der Waals surface area contributed by atoms with E-state index in [9.17, 15) is 9.90 Å². The van der Waals surface area contributed by atoms with Crippen LogP contribution in [-0.4, -0.2) is 60.8 Å². The van der Waals surface area contributed by atoms with Gasteiger partial charge in [-0.1, -0.05) is 0 Å². The van der Waals surface area contributed by atoms with Crippen LogP contribution in [0.1, 0.15) is 23.7 Å². The van der Waals surface area contributed by atoms with Gasteiger partial charge in [-0.15, -0.1) is 0 Å². The van der Waals surface area contributed by atoms with Crippen LogP contribution in [0, 0.1) is 0 Å². The summed E-state index contributed by atoms with van der Waals surface area (Å²) < 4.78 is 10.8. The van der Waals surface area contributed by atoms with Gasteiger partial charge in [0.15, 0.2) is 0 Å². The summed E-state index contributed by atoms with van der Waals surface area (Å²) in [4.78, 5) is 14.4. The molecule has 6 nitrogen and oxygen atoms in total. The molecule has 132 valence electrons. The molecule has 0 aliphatic carbocycles. The fraction of sp³-hybridized carbons (Fsp3) is 0.588. The number of hydrogen-bond acceptors (Lipinski definition) is 6. The van der Waals surface area contributed by atoms with Crippen molar-refractivity contribution < 1.29 is 19.4 Å². The van der Waals surface area contributed by atoms with Crippen molar-refractivity contribution in [3.8, 4) is 11.5 Å². The number of carbonyl (C=O) groups excluding carboxylic acids is 1. The van der Waals surface area contributed by atoms with Gasteiger partial charge < -0.3 is 24.8 Å². The topological polar surface area (TPSA) is 71.0 Å². The minimum Gasteiger partial charge on any atom is -0.496 e. The Morgan fingerprint density at radius 2 is 2.12 bits per heavy atom. The molecular weight excluding hydrogens is 328 g/mol. The maximum absolute atomic E-state index is 12.7. The van der Waals surface area contributed by atoms with Gasteiger partial charge in [0.05, 0.1) is 20.8 Å². The second-order valence-electron chi connectivity index (χ2n) is 6.08. The fourth-order valence-electron chi connectivity index (χ4n) is 3.36. The van der Waals surface area contributed by atoms with Crippen molar-refractivity contribution in [2.24, 2.45) is 0 Å². The Kier molecular flexibility index (Phi) is 5.53. The molecule has 2 heterocycles. The number of aliphatic hydroxyl groups is 1. The highest BCUT2D eigenvalue weighted by Gasteiger charge is 2.32. The summed E-state index contributed by atoms with van der Waals surface area (Å²) in [5, 5.41) is 14.0. The third kappa shape index (κ3) is 3.48. The van der Waals surface area contributed by atoms with E-state index in [2.05, 4.69) is 5.32 Å². The van der Waals surface area contributed by atoms with E-state index >= 15 is 0 Å². The zero-order chi connectivity index (χ0) is 17.1. The second kappa shape index (κ2) is 7.63. The van der Waals surface area contributed by atoms with Crippen molar-refractivity contribution in [1.29, 1.82) is 0 Å². The lowest BCUT2D eigenvalue weighted by molar-refractivity contribution is -0.134. The van der Waals surface area contributed by atoms with Gasteiger partial charge in [0.25, 0.3) is 0 Å². The van der Waals surface area contributed by atoms with E-state index in [4.69, 9.17) is 9.47 Å². The number of aliphatic hydroxyl groups excluding tert-OH is 1. The molecule has 0 bridgehead atoms. The van der Waals surface area contributed by atoms with E-state index in [1.807, 2.05) is 17.8 Å². The smallest absolute Gasteiger partial charge is 0.224 e. The molecule has 2 atom stereocenters. The highest BCUT2D eigenvalue weighted by molar-refractivity contribution is 7.99. The van der Waals surface area contributed by atoms with Gasteiger partial charge in [0.1, 0.15) is 17.6 Å². The van der Waals surface area contributed by atoms with Gasteiger partial charge in [0.2, 0.25) is 5.91 Å². The minimum absolute atomic E-state index is 0.0598. The van der Waals surface area contributed by atoms with Crippen LogP contribution in [0.15, 0.2) is 12.1 Å². The van der Waals surface area contributed by atoms with Gasteiger partial charge >= 0.3 is 0 Å². The van der Waals surface area contributed by atoms with Gasteiger partial charge in [0, 0.05) is 48.2 Å². The molecule has 0 saturated carbocycles. The molecule has 1 amide bonds. The summed E-state index contributed by atoms with van der Waals surface area (Å²) in [6, 6.07) is 3.82. The number of amides is 1. The Morgan fingerprint density at radius 3 is 2.79 bits per heavy atom. The first-order valence-electron chi connectivity index (χ1n) is 8.14. The average Bonchev–Trinajstić information content (AvgIpc) is 2.61. The number of carbonyl (C=O) groups is 1. The molecule has 2 aliphatic heterocycles. The number of benzene rings is 1. The van der Waals surface area contributed by atoms with Gasteiger partial charge in [-0.2, -0.15) is 11.8 Å². The third-order valence-corrected chi connectivity index (χ3v) is 5.69. The van der Waals surface area contributed by atoms with E-state index in [1.54, 1.807) is 25.2 Å². The summed E-state index contributed by atoms with van der Waals surface area (Å²) in [5.41, 5.74) is 1.56. The summed E-state index contributed by atoms with van der Waals surface area (Å²) in [6.45, 7) is 1.67. The molecule has 2 unspecified atom stereocenters. The predicted molar refractivity (Wildman–Crippen MR) is 93.7 cm³/mol. The lowest BCUT2D eigenvalue weighted by Crippen LogP contribution is -2.44. The van der Waals surface area contributed by atoms with Crippen molar-refractivity contribution in [1.82, 2.24) is 10.2 Å². The number of rotatable bonds is 4. The SMILES string of the molecule is COc1ccc(OC)c2c1CN(C(=O)CC1CSCCN1)CC2O. The molecule has 3 rings (SSSR count). The van der Waals surface area contributed by atoms with Crippen LogP contribution in [0.3, 0.4) is 0 Å². The van der Waals surface area contributed by atoms with Crippen molar-refractivity contribution in [2.75, 3.05) is 38.8 Å². The molecular formula is C17H24N2O4S. The normalized spacial score (nSPS) is 23.5. The molecule has 1 saturated heterocycles. The number of fused-ring (bicyclic) bond motifs is 1. The zero-order valence-electron chi connectivity index (χ0n) is 14.1. The summed E-state index contributed by atoms with van der Waals surface area (Å²) in [6.07, 6.45) is -0.308. The van der Waals surface area contributed by atoms with Crippen LogP contribution in [-0.2, 0) is 11.3 Å². The van der Waals surface area contributed by atoms with Crippen LogP contribution in [0.2, 0.25) is 0 Å². The van der Waals surface area contributed by atoms with E-state index < -0.39 is 6.10 Å². The number of nitrogens with zero attached hydrogens (tertiary/aromatic N) is 1. The quantitative estimate of drug-likeness (QED) is 0.848. The number of β-amino-alcohol motifs (C(OH)–C–C–N with tert-alkyl or cyclic N) is 1. The second-order valence-corrected chi connectivity index (χ2v) is 7.23. The third-order valence-electron chi connectivity index (χ3n) is 4.56. The molecule has 2 aliphatic rings. The summed E-state index contributed by atoms with van der Waals surface area (Å²) >= 11 is 1.87. The number of nitrogens with one attached hydrogen (secondary N) is 1. The van der Waals surface area contributed by atoms with Gasteiger partial charge in [-0.05, 0) is 12.1 Å².